The molecule has 0 unspecified atom stereocenters. The second kappa shape index (κ2) is 3.95. The topological polar surface area (TPSA) is 24.9 Å². The summed E-state index contributed by atoms with van der Waals surface area (Å²) in [5.41, 5.74) is 0.388. The van der Waals surface area contributed by atoms with Crippen molar-refractivity contribution < 1.29 is 13.2 Å². The van der Waals surface area contributed by atoms with Gasteiger partial charge in [-0.15, -0.1) is 0 Å². The molecule has 72 valence electrons. The van der Waals surface area contributed by atoms with Crippen molar-refractivity contribution in [2.24, 2.45) is 0 Å². The molecular weight excluding hydrogens is 249 g/mol. The average Bonchev–Trinajstić information content (AvgIpc) is 2.00. The number of halogens is 4. The second-order valence-electron chi connectivity index (χ2n) is 2.34. The SMILES string of the molecule is FC(F)(F)CNc1ccnc(Br)c1. The zero-order valence-corrected chi connectivity index (χ0v) is 7.98. The summed E-state index contributed by atoms with van der Waals surface area (Å²) in [5.74, 6) is 0. The summed E-state index contributed by atoms with van der Waals surface area (Å²) in [5, 5.41) is 2.23. The van der Waals surface area contributed by atoms with Crippen molar-refractivity contribution in [1.29, 1.82) is 0 Å². The molecule has 0 aliphatic heterocycles. The van der Waals surface area contributed by atoms with E-state index in [4.69, 9.17) is 0 Å². The predicted octanol–water partition coefficient (Wildman–Crippen LogP) is 2.82. The lowest BCUT2D eigenvalue weighted by molar-refractivity contribution is -0.115. The minimum absolute atomic E-state index is 0.388. The number of alkyl halides is 3. The highest BCUT2D eigenvalue weighted by atomic mass is 79.9. The van der Waals surface area contributed by atoms with E-state index in [9.17, 15) is 13.2 Å². The molecule has 0 fully saturated rings. The van der Waals surface area contributed by atoms with Gasteiger partial charge in [-0.2, -0.15) is 13.2 Å². The largest absolute Gasteiger partial charge is 0.405 e. The number of hydrogen-bond donors (Lipinski definition) is 1. The number of nitrogens with zero attached hydrogens (tertiary/aromatic N) is 1. The van der Waals surface area contributed by atoms with E-state index in [0.717, 1.165) is 0 Å². The molecule has 0 radical (unpaired) electrons. The van der Waals surface area contributed by atoms with Gasteiger partial charge in [0.2, 0.25) is 0 Å². The smallest absolute Gasteiger partial charge is 0.376 e. The molecule has 6 heteroatoms. The van der Waals surface area contributed by atoms with Gasteiger partial charge in [-0.05, 0) is 28.1 Å². The van der Waals surface area contributed by atoms with Crippen LogP contribution >= 0.6 is 15.9 Å². The second-order valence-corrected chi connectivity index (χ2v) is 3.15. The van der Waals surface area contributed by atoms with E-state index >= 15 is 0 Å². The Hall–Kier alpha value is -0.780. The standard InChI is InChI=1S/C7H6BrF3N2/c8-6-3-5(1-2-12-6)13-4-7(9,10)11/h1-3H,4H2,(H,12,13). The van der Waals surface area contributed by atoms with Crippen LogP contribution in [0, 0.1) is 0 Å². The molecule has 0 saturated heterocycles. The van der Waals surface area contributed by atoms with Gasteiger partial charge in [0.25, 0.3) is 0 Å². The zero-order valence-electron chi connectivity index (χ0n) is 6.40. The average molecular weight is 255 g/mol. The fourth-order valence-corrected chi connectivity index (χ4v) is 1.08. The van der Waals surface area contributed by atoms with E-state index in [1.54, 1.807) is 0 Å². The first-order valence-corrected chi connectivity index (χ1v) is 4.19. The molecule has 0 atom stereocenters. The van der Waals surface area contributed by atoms with Crippen LogP contribution in [0.1, 0.15) is 0 Å². The Morgan fingerprint density at radius 2 is 2.15 bits per heavy atom. The number of aromatic nitrogens is 1. The lowest BCUT2D eigenvalue weighted by atomic mass is 10.4. The van der Waals surface area contributed by atoms with Gasteiger partial charge in [-0.1, -0.05) is 0 Å². The molecule has 0 bridgehead atoms. The van der Waals surface area contributed by atoms with E-state index in [2.05, 4.69) is 26.2 Å². The van der Waals surface area contributed by atoms with Crippen LogP contribution in [0.2, 0.25) is 0 Å². The molecule has 0 aromatic carbocycles. The summed E-state index contributed by atoms with van der Waals surface area (Å²) >= 11 is 3.05. The van der Waals surface area contributed by atoms with Gasteiger partial charge in [0.15, 0.2) is 0 Å². The molecule has 13 heavy (non-hydrogen) atoms. The number of rotatable bonds is 2. The molecule has 0 amide bonds. The Bertz CT molecular complexity index is 287. The van der Waals surface area contributed by atoms with Crippen molar-refractivity contribution in [3.8, 4) is 0 Å². The van der Waals surface area contributed by atoms with Gasteiger partial charge in [-0.25, -0.2) is 4.98 Å². The molecule has 1 rings (SSSR count). The maximum absolute atomic E-state index is 11.8. The third-order valence-electron chi connectivity index (χ3n) is 1.22. The minimum Gasteiger partial charge on any atom is -0.376 e. The highest BCUT2D eigenvalue weighted by molar-refractivity contribution is 9.10. The summed E-state index contributed by atoms with van der Waals surface area (Å²) < 4.78 is 35.8. The minimum atomic E-state index is -4.20. The van der Waals surface area contributed by atoms with Crippen LogP contribution in [0.4, 0.5) is 18.9 Å². The van der Waals surface area contributed by atoms with Crippen molar-refractivity contribution in [2.45, 2.75) is 6.18 Å². The fraction of sp³-hybridized carbons (Fsp3) is 0.286. The number of pyridine rings is 1. The Morgan fingerprint density at radius 3 is 2.69 bits per heavy atom. The van der Waals surface area contributed by atoms with E-state index in [1.165, 1.54) is 18.3 Å². The van der Waals surface area contributed by atoms with E-state index in [1.807, 2.05) is 0 Å². The Balaban J connectivity index is 2.55. The molecule has 1 aromatic rings. The molecule has 0 aliphatic rings. The first-order chi connectivity index (χ1) is 5.97. The number of anilines is 1. The van der Waals surface area contributed by atoms with E-state index in [-0.39, 0.29) is 0 Å². The van der Waals surface area contributed by atoms with Gasteiger partial charge in [0.1, 0.15) is 11.1 Å². The molecular formula is C7H6BrF3N2. The van der Waals surface area contributed by atoms with Crippen molar-refractivity contribution in [3.63, 3.8) is 0 Å². The van der Waals surface area contributed by atoms with Crippen LogP contribution in [0.15, 0.2) is 22.9 Å². The molecule has 1 aromatic heterocycles. The lowest BCUT2D eigenvalue weighted by Crippen LogP contribution is -2.21. The van der Waals surface area contributed by atoms with Crippen LogP contribution in [-0.2, 0) is 0 Å². The van der Waals surface area contributed by atoms with Crippen LogP contribution in [-0.4, -0.2) is 17.7 Å². The maximum Gasteiger partial charge on any atom is 0.405 e. The van der Waals surface area contributed by atoms with Crippen LogP contribution in [0.3, 0.4) is 0 Å². The number of nitrogens with one attached hydrogen (secondary N) is 1. The fourth-order valence-electron chi connectivity index (χ4n) is 0.715. The van der Waals surface area contributed by atoms with Crippen LogP contribution in [0.5, 0.6) is 0 Å². The van der Waals surface area contributed by atoms with E-state index in [0.29, 0.717) is 10.3 Å². The monoisotopic (exact) mass is 254 g/mol. The normalized spacial score (nSPS) is 11.4. The quantitative estimate of drug-likeness (QED) is 0.822. The number of hydrogen-bond acceptors (Lipinski definition) is 2. The van der Waals surface area contributed by atoms with Gasteiger partial charge >= 0.3 is 6.18 Å². The van der Waals surface area contributed by atoms with Crippen molar-refractivity contribution in [1.82, 2.24) is 4.98 Å². The predicted molar refractivity (Wildman–Crippen MR) is 46.5 cm³/mol. The van der Waals surface area contributed by atoms with Crippen molar-refractivity contribution >= 4 is 21.6 Å². The van der Waals surface area contributed by atoms with Crippen LogP contribution in [0.25, 0.3) is 0 Å². The maximum atomic E-state index is 11.8. The Morgan fingerprint density at radius 1 is 1.46 bits per heavy atom. The van der Waals surface area contributed by atoms with Crippen molar-refractivity contribution in [2.75, 3.05) is 11.9 Å². The Kier molecular flexibility index (Phi) is 3.13. The third kappa shape index (κ3) is 4.12. The van der Waals surface area contributed by atoms with Crippen LogP contribution < -0.4 is 5.32 Å². The van der Waals surface area contributed by atoms with E-state index < -0.39 is 12.7 Å². The molecule has 2 nitrogen and oxygen atoms in total. The summed E-state index contributed by atoms with van der Waals surface area (Å²) in [6, 6.07) is 2.95. The van der Waals surface area contributed by atoms with Gasteiger partial charge < -0.3 is 5.32 Å². The highest BCUT2D eigenvalue weighted by Gasteiger charge is 2.26. The molecule has 1 heterocycles. The molecule has 0 aliphatic carbocycles. The van der Waals surface area contributed by atoms with Gasteiger partial charge in [-0.3, -0.25) is 0 Å². The third-order valence-corrected chi connectivity index (χ3v) is 1.65. The summed E-state index contributed by atoms with van der Waals surface area (Å²) in [6.07, 6.45) is -2.78. The first-order valence-electron chi connectivity index (χ1n) is 3.39. The van der Waals surface area contributed by atoms with Gasteiger partial charge in [0, 0.05) is 11.9 Å². The highest BCUT2D eigenvalue weighted by Crippen LogP contribution is 2.17. The Labute approximate surface area is 81.3 Å². The summed E-state index contributed by atoms with van der Waals surface area (Å²) in [4.78, 5) is 3.78. The van der Waals surface area contributed by atoms with Crippen molar-refractivity contribution in [3.05, 3.63) is 22.9 Å². The molecule has 1 N–H and O–H groups in total. The zero-order chi connectivity index (χ0) is 9.90. The van der Waals surface area contributed by atoms with Gasteiger partial charge in [0.05, 0.1) is 0 Å². The first kappa shape index (κ1) is 10.3. The summed E-state index contributed by atoms with van der Waals surface area (Å²) in [6.45, 7) is -1.04. The molecule has 0 saturated carbocycles. The molecule has 0 spiro atoms. The lowest BCUT2D eigenvalue weighted by Gasteiger charge is -2.08. The summed E-state index contributed by atoms with van der Waals surface area (Å²) in [7, 11) is 0.